The Hall–Kier alpha value is -2.29. The zero-order chi connectivity index (χ0) is 20.5. The number of methoxy groups -OCH3 is 1. The van der Waals surface area contributed by atoms with Crippen molar-refractivity contribution in [3.8, 4) is 5.75 Å². The van der Waals surface area contributed by atoms with Crippen LogP contribution >= 0.6 is 0 Å². The van der Waals surface area contributed by atoms with Crippen LogP contribution in [-0.2, 0) is 6.54 Å². The van der Waals surface area contributed by atoms with Crippen LogP contribution in [0.2, 0.25) is 0 Å². The number of carbonyl (C=O) groups is 1. The number of fused-ring (bicyclic) bond motifs is 3. The molecule has 29 heavy (non-hydrogen) atoms. The summed E-state index contributed by atoms with van der Waals surface area (Å²) in [5, 5.41) is 2.30. The summed E-state index contributed by atoms with van der Waals surface area (Å²) in [6, 6.07) is 12.3. The van der Waals surface area contributed by atoms with Gasteiger partial charge in [0.05, 0.1) is 7.11 Å². The van der Waals surface area contributed by atoms with Gasteiger partial charge in [0, 0.05) is 33.9 Å². The number of carbonyl (C=O) groups excluding carboxylic acids is 1. The number of aromatic nitrogens is 1. The highest BCUT2D eigenvalue weighted by atomic mass is 16.5. The van der Waals surface area contributed by atoms with E-state index in [1.807, 2.05) is 18.2 Å². The van der Waals surface area contributed by atoms with E-state index in [2.05, 4.69) is 29.7 Å². The SMILES string of the molecule is CCCCCCCCCCCCn1c2ccc(C=O)cc2c2cc(OC)ccc21. The molecule has 2 aromatic carbocycles. The monoisotopic (exact) mass is 393 g/mol. The van der Waals surface area contributed by atoms with Gasteiger partial charge in [-0.2, -0.15) is 0 Å². The maximum absolute atomic E-state index is 11.3. The van der Waals surface area contributed by atoms with Crippen LogP contribution in [0.3, 0.4) is 0 Å². The third-order valence-electron chi connectivity index (χ3n) is 5.97. The number of ether oxygens (including phenoxy) is 1. The number of unbranched alkanes of at least 4 members (excludes halogenated alkanes) is 9. The number of nitrogens with zero attached hydrogens (tertiary/aromatic N) is 1. The van der Waals surface area contributed by atoms with Crippen molar-refractivity contribution in [3.05, 3.63) is 42.0 Å². The highest BCUT2D eigenvalue weighted by molar-refractivity contribution is 6.09. The molecule has 0 unspecified atom stereocenters. The maximum atomic E-state index is 11.3. The van der Waals surface area contributed by atoms with E-state index in [1.54, 1.807) is 7.11 Å². The Labute approximate surface area is 175 Å². The molecule has 0 radical (unpaired) electrons. The first-order chi connectivity index (χ1) is 14.3. The van der Waals surface area contributed by atoms with Crippen LogP contribution in [0.15, 0.2) is 36.4 Å². The number of rotatable bonds is 13. The molecule has 0 spiro atoms. The molecule has 0 aliphatic rings. The maximum Gasteiger partial charge on any atom is 0.150 e. The second-order valence-electron chi connectivity index (χ2n) is 8.11. The van der Waals surface area contributed by atoms with Gasteiger partial charge in [-0.1, -0.05) is 64.7 Å². The van der Waals surface area contributed by atoms with E-state index in [9.17, 15) is 4.79 Å². The van der Waals surface area contributed by atoms with Crippen LogP contribution < -0.4 is 4.74 Å². The molecule has 156 valence electrons. The van der Waals surface area contributed by atoms with Crippen molar-refractivity contribution < 1.29 is 9.53 Å². The van der Waals surface area contributed by atoms with Crippen molar-refractivity contribution >= 4 is 28.1 Å². The van der Waals surface area contributed by atoms with Gasteiger partial charge in [-0.3, -0.25) is 4.79 Å². The fourth-order valence-electron chi connectivity index (χ4n) is 4.30. The van der Waals surface area contributed by atoms with Gasteiger partial charge in [0.25, 0.3) is 0 Å². The first-order valence-corrected chi connectivity index (χ1v) is 11.3. The van der Waals surface area contributed by atoms with Gasteiger partial charge < -0.3 is 9.30 Å². The summed E-state index contributed by atoms with van der Waals surface area (Å²) in [5.41, 5.74) is 3.15. The Kier molecular flexibility index (Phi) is 8.15. The second kappa shape index (κ2) is 11.0. The van der Waals surface area contributed by atoms with Crippen LogP contribution in [0.1, 0.15) is 81.5 Å². The van der Waals surface area contributed by atoms with Crippen molar-refractivity contribution in [1.29, 1.82) is 0 Å². The van der Waals surface area contributed by atoms with Gasteiger partial charge >= 0.3 is 0 Å². The normalized spacial score (nSPS) is 11.4. The third kappa shape index (κ3) is 5.41. The highest BCUT2D eigenvalue weighted by Gasteiger charge is 2.12. The Bertz CT molecular complexity index is 925. The minimum atomic E-state index is 0.721. The summed E-state index contributed by atoms with van der Waals surface area (Å²) < 4.78 is 7.83. The zero-order valence-corrected chi connectivity index (χ0v) is 18.1. The van der Waals surface area contributed by atoms with Gasteiger partial charge in [0.15, 0.2) is 0 Å². The van der Waals surface area contributed by atoms with E-state index in [0.29, 0.717) is 0 Å². The Morgan fingerprint density at radius 3 is 2.00 bits per heavy atom. The fourth-order valence-corrected chi connectivity index (χ4v) is 4.30. The van der Waals surface area contributed by atoms with Gasteiger partial charge in [0.2, 0.25) is 0 Å². The molecule has 0 aliphatic carbocycles. The predicted octanol–water partition coefficient (Wildman–Crippen LogP) is 7.54. The summed E-state index contributed by atoms with van der Waals surface area (Å²) >= 11 is 0. The van der Waals surface area contributed by atoms with Crippen LogP contribution in [0.25, 0.3) is 21.8 Å². The summed E-state index contributed by atoms with van der Waals surface area (Å²) in [6.45, 7) is 3.29. The molecule has 0 bridgehead atoms. The number of benzene rings is 2. The largest absolute Gasteiger partial charge is 0.497 e. The van der Waals surface area contributed by atoms with Crippen molar-refractivity contribution in [2.75, 3.05) is 7.11 Å². The molecule has 0 N–H and O–H groups in total. The molecule has 0 atom stereocenters. The third-order valence-corrected chi connectivity index (χ3v) is 5.97. The Balaban J connectivity index is 1.62. The highest BCUT2D eigenvalue weighted by Crippen LogP contribution is 2.32. The van der Waals surface area contributed by atoms with E-state index >= 15 is 0 Å². The van der Waals surface area contributed by atoms with Gasteiger partial charge in [-0.05, 0) is 42.8 Å². The first kappa shape index (κ1) is 21.4. The summed E-state index contributed by atoms with van der Waals surface area (Å²) in [7, 11) is 1.70. The van der Waals surface area contributed by atoms with E-state index in [0.717, 1.165) is 34.9 Å². The van der Waals surface area contributed by atoms with Crippen LogP contribution in [0.4, 0.5) is 0 Å². The molecule has 3 rings (SSSR count). The molecular weight excluding hydrogens is 358 g/mol. The molecule has 0 fully saturated rings. The van der Waals surface area contributed by atoms with Gasteiger partial charge in [0.1, 0.15) is 12.0 Å². The number of hydrogen-bond acceptors (Lipinski definition) is 2. The molecule has 0 aliphatic heterocycles. The van der Waals surface area contributed by atoms with E-state index < -0.39 is 0 Å². The van der Waals surface area contributed by atoms with Crippen molar-refractivity contribution in [2.24, 2.45) is 0 Å². The van der Waals surface area contributed by atoms with E-state index in [4.69, 9.17) is 4.74 Å². The standard InChI is InChI=1S/C26H35NO2/c1-3-4-5-6-7-8-9-10-11-12-17-27-25-15-13-21(20-28)18-23(25)24-19-22(29-2)14-16-26(24)27/h13-16,18-20H,3-12,17H2,1-2H3. The van der Waals surface area contributed by atoms with Gasteiger partial charge in [-0.25, -0.2) is 0 Å². The molecule has 1 heterocycles. The molecule has 0 saturated carbocycles. The van der Waals surface area contributed by atoms with Crippen LogP contribution in [0, 0.1) is 0 Å². The molecule has 3 heteroatoms. The Morgan fingerprint density at radius 2 is 1.38 bits per heavy atom. The average Bonchev–Trinajstić information content (AvgIpc) is 3.07. The van der Waals surface area contributed by atoms with Crippen LogP contribution in [0.5, 0.6) is 5.75 Å². The predicted molar refractivity (Wildman–Crippen MR) is 123 cm³/mol. The minimum Gasteiger partial charge on any atom is -0.497 e. The minimum absolute atomic E-state index is 0.721. The lowest BCUT2D eigenvalue weighted by Crippen LogP contribution is -1.98. The van der Waals surface area contributed by atoms with Crippen molar-refractivity contribution in [3.63, 3.8) is 0 Å². The topological polar surface area (TPSA) is 31.2 Å². The van der Waals surface area contributed by atoms with Crippen molar-refractivity contribution in [2.45, 2.75) is 77.7 Å². The summed E-state index contributed by atoms with van der Waals surface area (Å²) in [6.07, 6.45) is 14.4. The molecule has 3 aromatic rings. The lowest BCUT2D eigenvalue weighted by Gasteiger charge is -2.08. The first-order valence-electron chi connectivity index (χ1n) is 11.3. The second-order valence-corrected chi connectivity index (χ2v) is 8.11. The molecule has 0 amide bonds. The Morgan fingerprint density at radius 1 is 0.793 bits per heavy atom. The van der Waals surface area contributed by atoms with Crippen molar-refractivity contribution in [1.82, 2.24) is 4.57 Å². The molecule has 1 aromatic heterocycles. The van der Waals surface area contributed by atoms with Crippen LogP contribution in [-0.4, -0.2) is 18.0 Å². The fraction of sp³-hybridized carbons (Fsp3) is 0.500. The smallest absolute Gasteiger partial charge is 0.150 e. The summed E-state index contributed by atoms with van der Waals surface area (Å²) in [5.74, 6) is 0.854. The zero-order valence-electron chi connectivity index (χ0n) is 18.1. The lowest BCUT2D eigenvalue weighted by atomic mass is 10.1. The van der Waals surface area contributed by atoms with E-state index in [-0.39, 0.29) is 0 Å². The number of aryl methyl sites for hydroxylation is 1. The number of hydrogen-bond donors (Lipinski definition) is 0. The molecule has 3 nitrogen and oxygen atoms in total. The van der Waals surface area contributed by atoms with E-state index in [1.165, 1.54) is 75.2 Å². The lowest BCUT2D eigenvalue weighted by molar-refractivity contribution is 0.112. The average molecular weight is 394 g/mol. The number of aldehydes is 1. The molecule has 0 saturated heterocycles. The summed E-state index contributed by atoms with van der Waals surface area (Å²) in [4.78, 5) is 11.3. The molecular formula is C26H35NO2. The quantitative estimate of drug-likeness (QED) is 0.222. The van der Waals surface area contributed by atoms with Gasteiger partial charge in [-0.15, -0.1) is 0 Å².